The Morgan fingerprint density at radius 1 is 1.40 bits per heavy atom. The van der Waals surface area contributed by atoms with Crippen LogP contribution in [-0.2, 0) is 0 Å². The topological polar surface area (TPSA) is 29.3 Å². The lowest BCUT2D eigenvalue weighted by molar-refractivity contribution is 0.504. The summed E-state index contributed by atoms with van der Waals surface area (Å²) in [4.78, 5) is 3.77. The molecule has 1 aromatic carbocycles. The second kappa shape index (κ2) is 4.90. The van der Waals surface area contributed by atoms with Gasteiger partial charge >= 0.3 is 0 Å². The van der Waals surface area contributed by atoms with Gasteiger partial charge < -0.3 is 10.6 Å². The minimum atomic E-state index is 0.341. The second-order valence-electron chi connectivity index (χ2n) is 4.02. The van der Waals surface area contributed by atoms with E-state index in [0.29, 0.717) is 6.04 Å². The van der Waals surface area contributed by atoms with E-state index in [0.717, 1.165) is 19.5 Å². The van der Waals surface area contributed by atoms with Crippen LogP contribution in [0.5, 0.6) is 0 Å². The molecule has 3 heteroatoms. The molecule has 0 spiro atoms. The van der Waals surface area contributed by atoms with Gasteiger partial charge in [0.1, 0.15) is 0 Å². The van der Waals surface area contributed by atoms with Crippen molar-refractivity contribution in [1.29, 1.82) is 0 Å². The molecule has 2 rings (SSSR count). The van der Waals surface area contributed by atoms with Crippen LogP contribution in [0.3, 0.4) is 0 Å². The number of benzene rings is 1. The zero-order valence-electron chi connectivity index (χ0n) is 9.15. The molecule has 0 radical (unpaired) electrons. The van der Waals surface area contributed by atoms with Crippen LogP contribution in [0.15, 0.2) is 29.2 Å². The van der Waals surface area contributed by atoms with Crippen molar-refractivity contribution in [3.63, 3.8) is 0 Å². The summed E-state index contributed by atoms with van der Waals surface area (Å²) >= 11 is 1.81. The number of rotatable bonds is 2. The fourth-order valence-electron chi connectivity index (χ4n) is 2.12. The van der Waals surface area contributed by atoms with Crippen molar-refractivity contribution >= 4 is 17.4 Å². The first-order valence-electron chi connectivity index (χ1n) is 5.45. The number of nitrogens with zero attached hydrogens (tertiary/aromatic N) is 1. The molecular formula is C12H18N2S. The number of hydrogen-bond acceptors (Lipinski definition) is 3. The minimum absolute atomic E-state index is 0.341. The summed E-state index contributed by atoms with van der Waals surface area (Å²) in [5.41, 5.74) is 7.35. The first-order chi connectivity index (χ1) is 7.31. The molecule has 0 aliphatic carbocycles. The summed E-state index contributed by atoms with van der Waals surface area (Å²) in [5, 5.41) is 0. The Morgan fingerprint density at radius 2 is 2.20 bits per heavy atom. The summed E-state index contributed by atoms with van der Waals surface area (Å²) in [6.07, 6.45) is 4.50. The number of anilines is 1. The summed E-state index contributed by atoms with van der Waals surface area (Å²) in [7, 11) is 0. The minimum Gasteiger partial charge on any atom is -0.369 e. The fourth-order valence-corrected chi connectivity index (χ4v) is 2.74. The largest absolute Gasteiger partial charge is 0.369 e. The van der Waals surface area contributed by atoms with Crippen LogP contribution in [0.25, 0.3) is 0 Å². The normalized spacial score (nSPS) is 21.7. The van der Waals surface area contributed by atoms with Gasteiger partial charge in [0.15, 0.2) is 0 Å². The van der Waals surface area contributed by atoms with Crippen molar-refractivity contribution in [1.82, 2.24) is 0 Å². The average Bonchev–Trinajstić information content (AvgIpc) is 2.29. The van der Waals surface area contributed by atoms with Crippen LogP contribution < -0.4 is 10.6 Å². The number of piperidine rings is 1. The predicted octanol–water partition coefficient (Wildman–Crippen LogP) is 2.34. The van der Waals surface area contributed by atoms with E-state index < -0.39 is 0 Å². The van der Waals surface area contributed by atoms with E-state index in [1.54, 1.807) is 0 Å². The van der Waals surface area contributed by atoms with Crippen molar-refractivity contribution in [3.05, 3.63) is 24.3 Å². The zero-order chi connectivity index (χ0) is 10.7. The van der Waals surface area contributed by atoms with Gasteiger partial charge in [0.2, 0.25) is 0 Å². The smallest absolute Gasteiger partial charge is 0.0504 e. The third-order valence-electron chi connectivity index (χ3n) is 2.88. The first-order valence-corrected chi connectivity index (χ1v) is 6.67. The molecule has 0 aromatic heterocycles. The molecule has 15 heavy (non-hydrogen) atoms. The van der Waals surface area contributed by atoms with Gasteiger partial charge in [0.05, 0.1) is 5.69 Å². The van der Waals surface area contributed by atoms with Crippen molar-refractivity contribution in [2.45, 2.75) is 23.8 Å². The van der Waals surface area contributed by atoms with Gasteiger partial charge in [-0.2, -0.15) is 0 Å². The Morgan fingerprint density at radius 3 is 2.93 bits per heavy atom. The quantitative estimate of drug-likeness (QED) is 0.779. The highest BCUT2D eigenvalue weighted by molar-refractivity contribution is 7.98. The van der Waals surface area contributed by atoms with Gasteiger partial charge in [-0.15, -0.1) is 11.8 Å². The van der Waals surface area contributed by atoms with Gasteiger partial charge in [0.25, 0.3) is 0 Å². The maximum absolute atomic E-state index is 6.01. The van der Waals surface area contributed by atoms with Gasteiger partial charge in [-0.05, 0) is 31.2 Å². The first kappa shape index (κ1) is 10.8. The van der Waals surface area contributed by atoms with E-state index in [1.165, 1.54) is 17.0 Å². The monoisotopic (exact) mass is 222 g/mol. The Balaban J connectivity index is 2.20. The number of hydrogen-bond donors (Lipinski definition) is 1. The van der Waals surface area contributed by atoms with Crippen molar-refractivity contribution < 1.29 is 0 Å². The Labute approximate surface area is 95.8 Å². The lowest BCUT2D eigenvalue weighted by Gasteiger charge is -2.33. The SMILES string of the molecule is CSc1ccccc1N1CCCC(N)C1. The summed E-state index contributed by atoms with van der Waals surface area (Å²) in [6, 6.07) is 8.92. The van der Waals surface area contributed by atoms with E-state index in [-0.39, 0.29) is 0 Å². The molecular weight excluding hydrogens is 204 g/mol. The van der Waals surface area contributed by atoms with Crippen LogP contribution in [0, 0.1) is 0 Å². The molecule has 2 nitrogen and oxygen atoms in total. The molecule has 1 fully saturated rings. The maximum Gasteiger partial charge on any atom is 0.0504 e. The molecule has 82 valence electrons. The third-order valence-corrected chi connectivity index (χ3v) is 3.67. The standard InChI is InChI=1S/C12H18N2S/c1-15-12-7-3-2-6-11(12)14-8-4-5-10(13)9-14/h2-3,6-7,10H,4-5,8-9,13H2,1H3. The van der Waals surface area contributed by atoms with Crippen LogP contribution in [-0.4, -0.2) is 25.4 Å². The average molecular weight is 222 g/mol. The summed E-state index contributed by atoms with van der Waals surface area (Å²) < 4.78 is 0. The van der Waals surface area contributed by atoms with E-state index in [4.69, 9.17) is 5.73 Å². The molecule has 0 amide bonds. The number of nitrogens with two attached hydrogens (primary N) is 1. The van der Waals surface area contributed by atoms with Crippen molar-refractivity contribution in [2.24, 2.45) is 5.73 Å². The maximum atomic E-state index is 6.01. The molecule has 2 N–H and O–H groups in total. The van der Waals surface area contributed by atoms with E-state index in [9.17, 15) is 0 Å². The summed E-state index contributed by atoms with van der Waals surface area (Å²) in [5.74, 6) is 0. The molecule has 1 saturated heterocycles. The van der Waals surface area contributed by atoms with Crippen LogP contribution in [0.1, 0.15) is 12.8 Å². The summed E-state index contributed by atoms with van der Waals surface area (Å²) in [6.45, 7) is 2.14. The Hall–Kier alpha value is -0.670. The Bertz CT molecular complexity index is 327. The highest BCUT2D eigenvalue weighted by Crippen LogP contribution is 2.29. The zero-order valence-corrected chi connectivity index (χ0v) is 9.96. The van der Waals surface area contributed by atoms with Gasteiger partial charge in [0, 0.05) is 24.0 Å². The van der Waals surface area contributed by atoms with Gasteiger partial charge in [-0.3, -0.25) is 0 Å². The van der Waals surface area contributed by atoms with E-state index in [2.05, 4.69) is 35.4 Å². The van der Waals surface area contributed by atoms with Crippen LogP contribution >= 0.6 is 11.8 Å². The van der Waals surface area contributed by atoms with Crippen molar-refractivity contribution in [3.8, 4) is 0 Å². The van der Waals surface area contributed by atoms with Crippen molar-refractivity contribution in [2.75, 3.05) is 24.2 Å². The van der Waals surface area contributed by atoms with Crippen LogP contribution in [0.4, 0.5) is 5.69 Å². The number of thioether (sulfide) groups is 1. The van der Waals surface area contributed by atoms with Gasteiger partial charge in [-0.25, -0.2) is 0 Å². The Kier molecular flexibility index (Phi) is 3.54. The van der Waals surface area contributed by atoms with Crippen LogP contribution in [0.2, 0.25) is 0 Å². The van der Waals surface area contributed by atoms with Gasteiger partial charge in [-0.1, -0.05) is 12.1 Å². The van der Waals surface area contributed by atoms with E-state index >= 15 is 0 Å². The molecule has 0 saturated carbocycles. The molecule has 1 aromatic rings. The molecule has 1 aliphatic rings. The lowest BCUT2D eigenvalue weighted by atomic mass is 10.1. The van der Waals surface area contributed by atoms with E-state index in [1.807, 2.05) is 11.8 Å². The molecule has 1 unspecified atom stereocenters. The highest BCUT2D eigenvalue weighted by atomic mass is 32.2. The highest BCUT2D eigenvalue weighted by Gasteiger charge is 2.18. The number of para-hydroxylation sites is 1. The third kappa shape index (κ3) is 2.47. The fraction of sp³-hybridized carbons (Fsp3) is 0.500. The molecule has 1 atom stereocenters. The lowest BCUT2D eigenvalue weighted by Crippen LogP contribution is -2.43. The molecule has 1 heterocycles. The second-order valence-corrected chi connectivity index (χ2v) is 4.87. The molecule has 0 bridgehead atoms. The predicted molar refractivity (Wildman–Crippen MR) is 67.6 cm³/mol. The molecule has 1 aliphatic heterocycles.